The number of sulfonamides is 1. The second-order valence-electron chi connectivity index (χ2n) is 5.32. The molecule has 1 fully saturated rings. The minimum atomic E-state index is -3.56. The van der Waals surface area contributed by atoms with E-state index in [-0.39, 0.29) is 11.6 Å². The van der Waals surface area contributed by atoms with Crippen LogP contribution >= 0.6 is 0 Å². The van der Waals surface area contributed by atoms with Crippen molar-refractivity contribution in [2.45, 2.75) is 37.8 Å². The summed E-state index contributed by atoms with van der Waals surface area (Å²) in [5.74, 6) is 0.686. The van der Waals surface area contributed by atoms with Crippen LogP contribution in [0.5, 0.6) is 0 Å². The Morgan fingerprint density at radius 1 is 1.43 bits per heavy atom. The predicted octanol–water partition coefficient (Wildman–Crippen LogP) is 0.614. The largest absolute Gasteiger partial charge is 0.380 e. The standard InChI is InChI=1S/C13H24N4O3S/c1-2-5-14-8-12-9-15-17-13(12)21(18,19)16-6-7-20-10-11-3-4-11/h9,11,14,16H,2-8,10H2,1H3,(H,15,17). The molecule has 8 heteroatoms. The quantitative estimate of drug-likeness (QED) is 0.520. The van der Waals surface area contributed by atoms with Crippen LogP contribution in [-0.2, 0) is 21.3 Å². The maximum Gasteiger partial charge on any atom is 0.257 e. The summed E-state index contributed by atoms with van der Waals surface area (Å²) < 4.78 is 32.3. The second-order valence-corrected chi connectivity index (χ2v) is 7.02. The first-order valence-corrected chi connectivity index (χ1v) is 8.92. The topological polar surface area (TPSA) is 96.1 Å². The predicted molar refractivity (Wildman–Crippen MR) is 79.3 cm³/mol. The molecular weight excluding hydrogens is 292 g/mol. The van der Waals surface area contributed by atoms with Gasteiger partial charge in [0, 0.05) is 25.3 Å². The Labute approximate surface area is 125 Å². The highest BCUT2D eigenvalue weighted by Gasteiger charge is 2.22. The summed E-state index contributed by atoms with van der Waals surface area (Å²) in [7, 11) is -3.56. The maximum atomic E-state index is 12.2. The van der Waals surface area contributed by atoms with Crippen molar-refractivity contribution in [2.75, 3.05) is 26.3 Å². The first-order valence-electron chi connectivity index (χ1n) is 7.44. The molecule has 21 heavy (non-hydrogen) atoms. The Morgan fingerprint density at radius 3 is 2.95 bits per heavy atom. The van der Waals surface area contributed by atoms with E-state index in [1.54, 1.807) is 6.20 Å². The average molecular weight is 316 g/mol. The lowest BCUT2D eigenvalue weighted by atomic mass is 10.3. The number of hydrogen-bond acceptors (Lipinski definition) is 5. The van der Waals surface area contributed by atoms with Gasteiger partial charge in [-0.3, -0.25) is 5.10 Å². The number of nitrogens with one attached hydrogen (secondary N) is 3. The molecule has 0 radical (unpaired) electrons. The van der Waals surface area contributed by atoms with Gasteiger partial charge >= 0.3 is 0 Å². The minimum absolute atomic E-state index is 0.133. The van der Waals surface area contributed by atoms with Crippen molar-refractivity contribution >= 4 is 10.0 Å². The summed E-state index contributed by atoms with van der Waals surface area (Å²) in [6.45, 7) is 4.79. The van der Waals surface area contributed by atoms with Crippen LogP contribution in [0.4, 0.5) is 0 Å². The molecule has 1 aliphatic carbocycles. The summed E-state index contributed by atoms with van der Waals surface area (Å²) in [6, 6.07) is 0. The average Bonchev–Trinajstić information content (AvgIpc) is 3.14. The van der Waals surface area contributed by atoms with Gasteiger partial charge in [-0.15, -0.1) is 0 Å². The summed E-state index contributed by atoms with van der Waals surface area (Å²) >= 11 is 0. The van der Waals surface area contributed by atoms with Crippen LogP contribution in [-0.4, -0.2) is 44.9 Å². The van der Waals surface area contributed by atoms with Gasteiger partial charge in [-0.05, 0) is 31.7 Å². The van der Waals surface area contributed by atoms with E-state index in [0.29, 0.717) is 24.6 Å². The smallest absolute Gasteiger partial charge is 0.257 e. The van der Waals surface area contributed by atoms with Crippen molar-refractivity contribution < 1.29 is 13.2 Å². The Kier molecular flexibility index (Phi) is 6.16. The Morgan fingerprint density at radius 2 is 2.24 bits per heavy atom. The van der Waals surface area contributed by atoms with E-state index in [9.17, 15) is 8.42 Å². The third kappa shape index (κ3) is 5.39. The van der Waals surface area contributed by atoms with Crippen molar-refractivity contribution in [3.05, 3.63) is 11.8 Å². The van der Waals surface area contributed by atoms with Crippen molar-refractivity contribution in [3.8, 4) is 0 Å². The van der Waals surface area contributed by atoms with E-state index < -0.39 is 10.0 Å². The van der Waals surface area contributed by atoms with Gasteiger partial charge in [0.15, 0.2) is 5.03 Å². The Hall–Kier alpha value is -0.960. The molecule has 1 aromatic heterocycles. The number of aromatic nitrogens is 2. The molecule has 0 bridgehead atoms. The minimum Gasteiger partial charge on any atom is -0.380 e. The molecule has 0 saturated heterocycles. The molecule has 0 amide bonds. The molecule has 120 valence electrons. The molecule has 1 saturated carbocycles. The molecule has 2 rings (SSSR count). The van der Waals surface area contributed by atoms with Crippen molar-refractivity contribution in [2.24, 2.45) is 5.92 Å². The summed E-state index contributed by atoms with van der Waals surface area (Å²) in [5, 5.41) is 9.69. The van der Waals surface area contributed by atoms with Gasteiger partial charge in [0.25, 0.3) is 10.0 Å². The molecule has 3 N–H and O–H groups in total. The molecule has 1 aliphatic rings. The fourth-order valence-electron chi connectivity index (χ4n) is 1.91. The van der Waals surface area contributed by atoms with E-state index in [1.165, 1.54) is 12.8 Å². The first-order chi connectivity index (χ1) is 10.1. The van der Waals surface area contributed by atoms with Gasteiger partial charge in [-0.2, -0.15) is 5.10 Å². The van der Waals surface area contributed by atoms with Gasteiger partial charge in [-0.25, -0.2) is 13.1 Å². The third-order valence-corrected chi connectivity index (χ3v) is 4.75. The number of rotatable bonds is 11. The molecule has 0 atom stereocenters. The summed E-state index contributed by atoms with van der Waals surface area (Å²) in [6.07, 6.45) is 5.00. The lowest BCUT2D eigenvalue weighted by Crippen LogP contribution is -2.29. The van der Waals surface area contributed by atoms with Gasteiger partial charge in [0.2, 0.25) is 0 Å². The molecule has 0 aromatic carbocycles. The molecule has 0 aliphatic heterocycles. The molecule has 0 spiro atoms. The lowest BCUT2D eigenvalue weighted by Gasteiger charge is -2.08. The van der Waals surface area contributed by atoms with Crippen LogP contribution < -0.4 is 10.0 Å². The molecule has 0 unspecified atom stereocenters. The van der Waals surface area contributed by atoms with E-state index >= 15 is 0 Å². The maximum absolute atomic E-state index is 12.2. The van der Waals surface area contributed by atoms with Gasteiger partial charge < -0.3 is 10.1 Å². The van der Waals surface area contributed by atoms with Gasteiger partial charge in [-0.1, -0.05) is 6.92 Å². The molecule has 1 heterocycles. The summed E-state index contributed by atoms with van der Waals surface area (Å²) in [5.41, 5.74) is 0.648. The van der Waals surface area contributed by atoms with E-state index in [4.69, 9.17) is 4.74 Å². The SMILES string of the molecule is CCCNCc1cn[nH]c1S(=O)(=O)NCCOCC1CC1. The van der Waals surface area contributed by atoms with Crippen LogP contribution in [0.1, 0.15) is 31.7 Å². The fourth-order valence-corrected chi connectivity index (χ4v) is 3.05. The fraction of sp³-hybridized carbons (Fsp3) is 0.769. The number of aromatic amines is 1. The van der Waals surface area contributed by atoms with E-state index in [1.807, 2.05) is 0 Å². The highest BCUT2D eigenvalue weighted by atomic mass is 32.2. The van der Waals surface area contributed by atoms with Crippen LogP contribution in [0.3, 0.4) is 0 Å². The second kappa shape index (κ2) is 7.88. The zero-order valence-electron chi connectivity index (χ0n) is 12.4. The zero-order chi connectivity index (χ0) is 15.1. The van der Waals surface area contributed by atoms with Gasteiger partial charge in [0.1, 0.15) is 0 Å². The number of nitrogens with zero attached hydrogens (tertiary/aromatic N) is 1. The normalized spacial score (nSPS) is 15.5. The Balaban J connectivity index is 1.78. The lowest BCUT2D eigenvalue weighted by molar-refractivity contribution is 0.129. The number of hydrogen-bond donors (Lipinski definition) is 3. The zero-order valence-corrected chi connectivity index (χ0v) is 13.2. The van der Waals surface area contributed by atoms with Crippen LogP contribution in [0.25, 0.3) is 0 Å². The van der Waals surface area contributed by atoms with Crippen LogP contribution in [0.15, 0.2) is 11.2 Å². The van der Waals surface area contributed by atoms with Crippen molar-refractivity contribution in [1.29, 1.82) is 0 Å². The van der Waals surface area contributed by atoms with Crippen LogP contribution in [0, 0.1) is 5.92 Å². The van der Waals surface area contributed by atoms with Crippen LogP contribution in [0.2, 0.25) is 0 Å². The molecule has 1 aromatic rings. The first kappa shape index (κ1) is 16.4. The Bertz CT molecular complexity index is 525. The van der Waals surface area contributed by atoms with E-state index in [0.717, 1.165) is 19.6 Å². The van der Waals surface area contributed by atoms with E-state index in [2.05, 4.69) is 27.2 Å². The third-order valence-electron chi connectivity index (χ3n) is 3.28. The monoisotopic (exact) mass is 316 g/mol. The van der Waals surface area contributed by atoms with Crippen molar-refractivity contribution in [1.82, 2.24) is 20.2 Å². The van der Waals surface area contributed by atoms with Crippen molar-refractivity contribution in [3.63, 3.8) is 0 Å². The highest BCUT2D eigenvalue weighted by molar-refractivity contribution is 7.89. The van der Waals surface area contributed by atoms with Gasteiger partial charge in [0.05, 0.1) is 12.8 Å². The number of H-pyrrole nitrogens is 1. The molecule has 7 nitrogen and oxygen atoms in total. The number of ether oxygens (including phenoxy) is 1. The highest BCUT2D eigenvalue weighted by Crippen LogP contribution is 2.28. The molecular formula is C13H24N4O3S. The summed E-state index contributed by atoms with van der Waals surface area (Å²) in [4.78, 5) is 0.